The molecule has 0 saturated carbocycles. The fourth-order valence-electron chi connectivity index (χ4n) is 3.42. The highest BCUT2D eigenvalue weighted by Gasteiger charge is 2.27. The van der Waals surface area contributed by atoms with Gasteiger partial charge in [-0.3, -0.25) is 14.5 Å². The smallest absolute Gasteiger partial charge is 0.225 e. The predicted molar refractivity (Wildman–Crippen MR) is 125 cm³/mol. The summed E-state index contributed by atoms with van der Waals surface area (Å²) in [7, 11) is 0. The lowest BCUT2D eigenvalue weighted by Crippen LogP contribution is -2.45. The van der Waals surface area contributed by atoms with E-state index in [0.717, 1.165) is 50.8 Å². The fraction of sp³-hybridized carbons (Fsp3) is 0.750. The number of carbonyl (C=O) groups excluding carboxylic acids is 1. The molecule has 160 valence electrons. The number of nitrogens with one attached hydrogen (secondary N) is 2. The van der Waals surface area contributed by atoms with Crippen LogP contribution in [0.5, 0.6) is 0 Å². The highest BCUT2D eigenvalue weighted by molar-refractivity contribution is 14.0. The standard InChI is InChI=1S/C20H36N6O.HI/c1-7-21-20(23-18-8-9-25(13-18)19(27)14(2)3)22-11-15(4)12-26-17(6)10-16(5)24-26;/h10,14-15,18H,7-9,11-13H2,1-6H3,(H2,21,22,23);1H. The zero-order valence-corrected chi connectivity index (χ0v) is 20.5. The number of hydrogen-bond acceptors (Lipinski definition) is 3. The molecule has 2 heterocycles. The van der Waals surface area contributed by atoms with Crippen LogP contribution >= 0.6 is 24.0 Å². The van der Waals surface area contributed by atoms with Gasteiger partial charge >= 0.3 is 0 Å². The summed E-state index contributed by atoms with van der Waals surface area (Å²) in [5.41, 5.74) is 2.24. The summed E-state index contributed by atoms with van der Waals surface area (Å²) < 4.78 is 2.06. The van der Waals surface area contributed by atoms with Gasteiger partial charge in [-0.1, -0.05) is 20.8 Å². The number of hydrogen-bond donors (Lipinski definition) is 2. The number of nitrogens with zero attached hydrogens (tertiary/aromatic N) is 4. The Morgan fingerprint density at radius 2 is 2.07 bits per heavy atom. The quantitative estimate of drug-likeness (QED) is 0.340. The first-order valence-corrected chi connectivity index (χ1v) is 10.1. The van der Waals surface area contributed by atoms with E-state index in [1.807, 2.05) is 25.7 Å². The van der Waals surface area contributed by atoms with Crippen LogP contribution < -0.4 is 10.6 Å². The lowest BCUT2D eigenvalue weighted by Gasteiger charge is -2.20. The zero-order valence-electron chi connectivity index (χ0n) is 18.2. The van der Waals surface area contributed by atoms with Crippen LogP contribution in [0.1, 0.15) is 45.5 Å². The summed E-state index contributed by atoms with van der Waals surface area (Å²) in [5, 5.41) is 11.4. The highest BCUT2D eigenvalue weighted by Crippen LogP contribution is 2.13. The maximum atomic E-state index is 12.2. The first-order valence-electron chi connectivity index (χ1n) is 10.1. The summed E-state index contributed by atoms with van der Waals surface area (Å²) in [6.07, 6.45) is 0.962. The number of likely N-dealkylation sites (tertiary alicyclic amines) is 1. The van der Waals surface area contributed by atoms with Crippen molar-refractivity contribution in [3.05, 3.63) is 17.5 Å². The Balaban J connectivity index is 0.00000392. The van der Waals surface area contributed by atoms with Gasteiger partial charge < -0.3 is 15.5 Å². The first kappa shape index (κ1) is 24.7. The minimum atomic E-state index is 0. The summed E-state index contributed by atoms with van der Waals surface area (Å²) in [4.78, 5) is 18.9. The molecule has 1 aliphatic heterocycles. The van der Waals surface area contributed by atoms with Gasteiger partial charge in [0.25, 0.3) is 0 Å². The molecule has 2 unspecified atom stereocenters. The third kappa shape index (κ3) is 7.25. The van der Waals surface area contributed by atoms with E-state index in [0.29, 0.717) is 5.92 Å². The van der Waals surface area contributed by atoms with Crippen LogP contribution in [-0.2, 0) is 11.3 Å². The number of rotatable bonds is 7. The van der Waals surface area contributed by atoms with E-state index >= 15 is 0 Å². The number of aryl methyl sites for hydroxylation is 2. The second-order valence-corrected chi connectivity index (χ2v) is 8.00. The van der Waals surface area contributed by atoms with Crippen molar-refractivity contribution in [1.29, 1.82) is 0 Å². The van der Waals surface area contributed by atoms with Crippen molar-refractivity contribution in [2.24, 2.45) is 16.8 Å². The molecule has 1 fully saturated rings. The van der Waals surface area contributed by atoms with Gasteiger partial charge in [0.15, 0.2) is 5.96 Å². The molecule has 0 spiro atoms. The molecule has 1 aromatic heterocycles. The molecule has 0 bridgehead atoms. The summed E-state index contributed by atoms with van der Waals surface area (Å²) >= 11 is 0. The Kier molecular flexibility index (Phi) is 10.3. The third-order valence-electron chi connectivity index (χ3n) is 4.83. The van der Waals surface area contributed by atoms with Crippen molar-refractivity contribution in [3.8, 4) is 0 Å². The van der Waals surface area contributed by atoms with E-state index < -0.39 is 0 Å². The van der Waals surface area contributed by atoms with Crippen LogP contribution in [0.2, 0.25) is 0 Å². The van der Waals surface area contributed by atoms with Crippen molar-refractivity contribution in [2.45, 2.75) is 60.5 Å². The molecule has 1 aromatic rings. The maximum Gasteiger partial charge on any atom is 0.225 e. The molecule has 1 amide bonds. The van der Waals surface area contributed by atoms with Crippen molar-refractivity contribution >= 4 is 35.8 Å². The lowest BCUT2D eigenvalue weighted by molar-refractivity contribution is -0.133. The molecule has 8 heteroatoms. The Labute approximate surface area is 186 Å². The second kappa shape index (κ2) is 11.6. The van der Waals surface area contributed by atoms with Crippen molar-refractivity contribution in [1.82, 2.24) is 25.3 Å². The van der Waals surface area contributed by atoms with E-state index in [1.165, 1.54) is 5.69 Å². The summed E-state index contributed by atoms with van der Waals surface area (Å²) in [6, 6.07) is 2.36. The average molecular weight is 504 g/mol. The number of aromatic nitrogens is 2. The van der Waals surface area contributed by atoms with Gasteiger partial charge in [-0.2, -0.15) is 5.10 Å². The van der Waals surface area contributed by atoms with Gasteiger partial charge in [0.05, 0.1) is 5.69 Å². The molecule has 0 aliphatic carbocycles. The van der Waals surface area contributed by atoms with Crippen molar-refractivity contribution in [2.75, 3.05) is 26.2 Å². The summed E-state index contributed by atoms with van der Waals surface area (Å²) in [6.45, 7) is 16.3. The number of amides is 1. The SMILES string of the molecule is CCNC(=NCC(C)Cn1nc(C)cc1C)NC1CCN(C(=O)C(C)C)C1.I. The van der Waals surface area contributed by atoms with Gasteiger partial charge in [0.1, 0.15) is 0 Å². The van der Waals surface area contributed by atoms with Crippen LogP contribution in [0.25, 0.3) is 0 Å². The third-order valence-corrected chi connectivity index (χ3v) is 4.83. The Hall–Kier alpha value is -1.32. The zero-order chi connectivity index (χ0) is 20.0. The lowest BCUT2D eigenvalue weighted by atomic mass is 10.2. The van der Waals surface area contributed by atoms with Crippen LogP contribution in [0.4, 0.5) is 0 Å². The molecule has 2 rings (SSSR count). The monoisotopic (exact) mass is 504 g/mol. The topological polar surface area (TPSA) is 74.6 Å². The normalized spacial score (nSPS) is 18.2. The van der Waals surface area contributed by atoms with E-state index in [2.05, 4.69) is 47.3 Å². The molecule has 2 N–H and O–H groups in total. The van der Waals surface area contributed by atoms with Gasteiger partial charge in [-0.25, -0.2) is 0 Å². The Morgan fingerprint density at radius 3 is 2.64 bits per heavy atom. The molecule has 7 nitrogen and oxygen atoms in total. The van der Waals surface area contributed by atoms with E-state index in [-0.39, 0.29) is 41.8 Å². The van der Waals surface area contributed by atoms with Crippen LogP contribution in [-0.4, -0.2) is 58.8 Å². The van der Waals surface area contributed by atoms with Gasteiger partial charge in [-0.15, -0.1) is 24.0 Å². The van der Waals surface area contributed by atoms with E-state index in [4.69, 9.17) is 4.99 Å². The van der Waals surface area contributed by atoms with Gasteiger partial charge in [0.2, 0.25) is 5.91 Å². The fourth-order valence-corrected chi connectivity index (χ4v) is 3.42. The first-order chi connectivity index (χ1) is 12.8. The number of aliphatic imine (C=N–C) groups is 1. The molecule has 28 heavy (non-hydrogen) atoms. The minimum absolute atomic E-state index is 0. The molecule has 0 aromatic carbocycles. The highest BCUT2D eigenvalue weighted by atomic mass is 127. The Bertz CT molecular complexity index is 657. The number of carbonyl (C=O) groups is 1. The number of halogens is 1. The molecular formula is C20H37IN6O. The summed E-state index contributed by atoms with van der Waals surface area (Å²) in [5.74, 6) is 1.52. The molecule has 1 aliphatic rings. The van der Waals surface area contributed by atoms with Crippen molar-refractivity contribution < 1.29 is 4.79 Å². The van der Waals surface area contributed by atoms with Crippen LogP contribution in [0, 0.1) is 25.7 Å². The predicted octanol–water partition coefficient (Wildman–Crippen LogP) is 2.57. The number of guanidine groups is 1. The van der Waals surface area contributed by atoms with Crippen LogP contribution in [0.3, 0.4) is 0 Å². The maximum absolute atomic E-state index is 12.2. The van der Waals surface area contributed by atoms with Crippen molar-refractivity contribution in [3.63, 3.8) is 0 Å². The minimum Gasteiger partial charge on any atom is -0.357 e. The van der Waals surface area contributed by atoms with Gasteiger partial charge in [-0.05, 0) is 39.2 Å². The average Bonchev–Trinajstić information content (AvgIpc) is 3.18. The molecular weight excluding hydrogens is 467 g/mol. The molecule has 1 saturated heterocycles. The van der Waals surface area contributed by atoms with Gasteiger partial charge in [0, 0.05) is 50.4 Å². The largest absolute Gasteiger partial charge is 0.357 e. The molecule has 2 atom stereocenters. The molecule has 0 radical (unpaired) electrons. The van der Waals surface area contributed by atoms with Crippen LogP contribution in [0.15, 0.2) is 11.1 Å². The second-order valence-electron chi connectivity index (χ2n) is 8.00. The van der Waals surface area contributed by atoms with E-state index in [1.54, 1.807) is 0 Å². The Morgan fingerprint density at radius 1 is 1.36 bits per heavy atom. The van der Waals surface area contributed by atoms with E-state index in [9.17, 15) is 4.79 Å².